The average molecular weight is 488 g/mol. The minimum atomic E-state index is -3.36. The number of aromatic nitrogens is 4. The summed E-state index contributed by atoms with van der Waals surface area (Å²) in [6.45, 7) is 9.82. The minimum absolute atomic E-state index is 0.0139. The maximum atomic E-state index is 16.2. The number of aromatic amines is 1. The predicted octanol–water partition coefficient (Wildman–Crippen LogP) is 1.89. The van der Waals surface area contributed by atoms with Crippen molar-refractivity contribution >= 4 is 24.6 Å². The third-order valence-electron chi connectivity index (χ3n) is 5.82. The molecule has 2 saturated heterocycles. The summed E-state index contributed by atoms with van der Waals surface area (Å²) in [5.74, 6) is -3.54. The van der Waals surface area contributed by atoms with Crippen molar-refractivity contribution in [3.63, 3.8) is 0 Å². The molecular formula is C19H30FN6O6P. The van der Waals surface area contributed by atoms with Crippen LogP contribution in [0.4, 0.5) is 10.3 Å². The van der Waals surface area contributed by atoms with Crippen molar-refractivity contribution < 1.29 is 27.7 Å². The van der Waals surface area contributed by atoms with Crippen molar-refractivity contribution in [2.75, 3.05) is 19.0 Å². The molecular weight excluding hydrogens is 458 g/mol. The summed E-state index contributed by atoms with van der Waals surface area (Å²) in [5.41, 5.74) is 5.25. The molecule has 2 fully saturated rings. The number of nitrogen functional groups attached to an aromatic ring is 1. The molecule has 0 radical (unpaired) electrons. The van der Waals surface area contributed by atoms with Crippen molar-refractivity contribution in [1.29, 1.82) is 0 Å². The molecule has 0 amide bonds. The van der Waals surface area contributed by atoms with Crippen LogP contribution < -0.4 is 16.4 Å². The Kier molecular flexibility index (Phi) is 5.95. The smallest absolute Gasteiger partial charge is 0.280 e. The van der Waals surface area contributed by atoms with Crippen LogP contribution in [0.3, 0.4) is 0 Å². The standard InChI is InChI=1S/C19H30FN6O6P/c1-9(2)10(3)25-33(6,28)29-7-19(20)13-12(30-18(4,5)31-13)16(32-19)26-8-22-11-14(26)23-17(21)24-15(11)27/h8-10,12-13,16H,7H2,1-6H3,(H,25,28)(H3,21,23,24,27)/t10-,12-,13?,16+,19+,33?/m0/s1. The summed E-state index contributed by atoms with van der Waals surface area (Å²) in [5, 5.41) is 2.91. The number of hydrogen-bond acceptors (Lipinski definition) is 9. The van der Waals surface area contributed by atoms with Crippen molar-refractivity contribution in [3.8, 4) is 0 Å². The van der Waals surface area contributed by atoms with Gasteiger partial charge in [0.25, 0.3) is 18.9 Å². The van der Waals surface area contributed by atoms with Gasteiger partial charge in [-0.05, 0) is 26.7 Å². The molecule has 12 nitrogen and oxygen atoms in total. The molecule has 4 rings (SSSR count). The van der Waals surface area contributed by atoms with Crippen LogP contribution in [0.25, 0.3) is 11.2 Å². The second kappa shape index (κ2) is 8.10. The Labute approximate surface area is 189 Å². The van der Waals surface area contributed by atoms with Gasteiger partial charge in [0.1, 0.15) is 12.7 Å². The summed E-state index contributed by atoms with van der Waals surface area (Å²) < 4.78 is 53.4. The Morgan fingerprint density at radius 3 is 2.73 bits per heavy atom. The maximum absolute atomic E-state index is 16.2. The molecule has 2 unspecified atom stereocenters. The van der Waals surface area contributed by atoms with E-state index in [4.69, 9.17) is 24.5 Å². The summed E-state index contributed by atoms with van der Waals surface area (Å²) in [6.07, 6.45) is -1.92. The van der Waals surface area contributed by atoms with E-state index in [2.05, 4.69) is 20.0 Å². The number of H-pyrrole nitrogens is 1. The topological polar surface area (TPSA) is 156 Å². The molecule has 14 heteroatoms. The second-order valence-electron chi connectivity index (χ2n) is 9.37. The third kappa shape index (κ3) is 4.58. The lowest BCUT2D eigenvalue weighted by Crippen LogP contribution is -2.43. The number of nitrogens with one attached hydrogen (secondary N) is 2. The molecule has 4 heterocycles. The van der Waals surface area contributed by atoms with Gasteiger partial charge in [-0.2, -0.15) is 4.98 Å². The third-order valence-corrected chi connectivity index (χ3v) is 7.32. The van der Waals surface area contributed by atoms with Crippen LogP contribution in [0.15, 0.2) is 11.1 Å². The molecule has 6 atom stereocenters. The maximum Gasteiger partial charge on any atom is 0.280 e. The molecule has 0 saturated carbocycles. The van der Waals surface area contributed by atoms with E-state index in [0.717, 1.165) is 0 Å². The zero-order valence-corrected chi connectivity index (χ0v) is 20.3. The van der Waals surface area contributed by atoms with E-state index in [0.29, 0.717) is 0 Å². The van der Waals surface area contributed by atoms with E-state index in [1.165, 1.54) is 17.6 Å². The fraction of sp³-hybridized carbons (Fsp3) is 0.737. The lowest BCUT2D eigenvalue weighted by Gasteiger charge is -2.30. The summed E-state index contributed by atoms with van der Waals surface area (Å²) in [7, 11) is -3.36. The Morgan fingerprint density at radius 1 is 1.36 bits per heavy atom. The fourth-order valence-electron chi connectivity index (χ4n) is 3.89. The molecule has 4 N–H and O–H groups in total. The van der Waals surface area contributed by atoms with Crippen LogP contribution in [0.1, 0.15) is 40.8 Å². The van der Waals surface area contributed by atoms with Gasteiger partial charge in [-0.25, -0.2) is 14.5 Å². The van der Waals surface area contributed by atoms with Crippen LogP contribution in [0.2, 0.25) is 0 Å². The van der Waals surface area contributed by atoms with Crippen LogP contribution in [0, 0.1) is 5.92 Å². The average Bonchev–Trinajstić information content (AvgIpc) is 3.31. The SMILES string of the molecule is CC(C)[C@H](C)NP(C)(=O)OC[C@@]1(F)O[C@@H](n2cnc3c(=O)[nH]c(N)nc32)[C@H]2OC(C)(C)OC21. The van der Waals surface area contributed by atoms with Crippen molar-refractivity contribution in [1.82, 2.24) is 24.6 Å². The monoisotopic (exact) mass is 488 g/mol. The van der Waals surface area contributed by atoms with Crippen LogP contribution >= 0.6 is 7.52 Å². The molecule has 184 valence electrons. The van der Waals surface area contributed by atoms with E-state index in [1.807, 2.05) is 20.8 Å². The van der Waals surface area contributed by atoms with Crippen molar-refractivity contribution in [2.24, 2.45) is 5.92 Å². The number of anilines is 1. The molecule has 2 aliphatic heterocycles. The first kappa shape index (κ1) is 24.2. The van der Waals surface area contributed by atoms with Crippen LogP contribution in [-0.4, -0.2) is 62.7 Å². The van der Waals surface area contributed by atoms with Crippen molar-refractivity contribution in [3.05, 3.63) is 16.7 Å². The molecule has 33 heavy (non-hydrogen) atoms. The Bertz CT molecular complexity index is 1150. The number of nitrogens with zero attached hydrogens (tertiary/aromatic N) is 3. The fourth-order valence-corrected chi connectivity index (χ4v) is 5.43. The van der Waals surface area contributed by atoms with Gasteiger partial charge in [-0.3, -0.25) is 18.9 Å². The quantitative estimate of drug-likeness (QED) is 0.492. The molecule has 0 aromatic carbocycles. The number of rotatable bonds is 7. The van der Waals surface area contributed by atoms with Gasteiger partial charge in [-0.1, -0.05) is 13.8 Å². The Hall–Kier alpha value is -1.89. The molecule has 2 aliphatic rings. The molecule has 0 bridgehead atoms. The number of alkyl halides is 1. The van der Waals surface area contributed by atoms with E-state index < -0.39 is 49.8 Å². The lowest BCUT2D eigenvalue weighted by molar-refractivity contribution is -0.262. The summed E-state index contributed by atoms with van der Waals surface area (Å²) in [6, 6.07) is -0.113. The number of fused-ring (bicyclic) bond motifs is 2. The minimum Gasteiger partial charge on any atom is -0.369 e. The molecule has 2 aromatic heterocycles. The van der Waals surface area contributed by atoms with Crippen LogP contribution in [-0.2, 0) is 23.3 Å². The zero-order valence-electron chi connectivity index (χ0n) is 19.4. The van der Waals surface area contributed by atoms with E-state index in [9.17, 15) is 9.36 Å². The van der Waals surface area contributed by atoms with Gasteiger partial charge < -0.3 is 24.5 Å². The Balaban J connectivity index is 1.63. The van der Waals surface area contributed by atoms with Gasteiger partial charge in [0.15, 0.2) is 29.3 Å². The Morgan fingerprint density at radius 2 is 2.06 bits per heavy atom. The lowest BCUT2D eigenvalue weighted by atomic mass is 10.1. The first-order chi connectivity index (χ1) is 15.2. The first-order valence-electron chi connectivity index (χ1n) is 10.7. The van der Waals surface area contributed by atoms with E-state index in [1.54, 1.807) is 13.8 Å². The predicted molar refractivity (Wildman–Crippen MR) is 117 cm³/mol. The van der Waals surface area contributed by atoms with Crippen LogP contribution in [0.5, 0.6) is 0 Å². The van der Waals surface area contributed by atoms with Gasteiger partial charge in [0, 0.05) is 12.7 Å². The van der Waals surface area contributed by atoms with Gasteiger partial charge >= 0.3 is 0 Å². The zero-order chi connectivity index (χ0) is 24.3. The number of nitrogens with two attached hydrogens (primary N) is 1. The van der Waals surface area contributed by atoms with Crippen molar-refractivity contribution in [2.45, 2.75) is 70.7 Å². The van der Waals surface area contributed by atoms with E-state index in [-0.39, 0.29) is 29.1 Å². The number of halogens is 1. The molecule has 2 aromatic rings. The van der Waals surface area contributed by atoms with Gasteiger partial charge in [-0.15, -0.1) is 0 Å². The van der Waals surface area contributed by atoms with E-state index >= 15 is 4.39 Å². The number of imidazole rings is 1. The summed E-state index contributed by atoms with van der Waals surface area (Å²) in [4.78, 5) is 22.7. The highest BCUT2D eigenvalue weighted by atomic mass is 31.2. The molecule has 0 aliphatic carbocycles. The van der Waals surface area contributed by atoms with Gasteiger partial charge in [0.05, 0.1) is 6.33 Å². The first-order valence-corrected chi connectivity index (χ1v) is 12.7. The highest BCUT2D eigenvalue weighted by molar-refractivity contribution is 7.56. The van der Waals surface area contributed by atoms with Gasteiger partial charge in [0.2, 0.25) is 5.95 Å². The number of hydrogen-bond donors (Lipinski definition) is 3. The largest absolute Gasteiger partial charge is 0.369 e. The second-order valence-corrected chi connectivity index (χ2v) is 11.6. The number of ether oxygens (including phenoxy) is 3. The highest BCUT2D eigenvalue weighted by Crippen LogP contribution is 2.51. The highest BCUT2D eigenvalue weighted by Gasteiger charge is 2.65. The summed E-state index contributed by atoms with van der Waals surface area (Å²) >= 11 is 0. The normalized spacial score (nSPS) is 31.7. The molecule has 0 spiro atoms.